The highest BCUT2D eigenvalue weighted by Gasteiger charge is 2.80. The third-order valence-electron chi connectivity index (χ3n) is 10.5. The second-order valence-electron chi connectivity index (χ2n) is 11.6. The molecule has 176 valence electrons. The van der Waals surface area contributed by atoms with Crippen molar-refractivity contribution in [3.8, 4) is 0 Å². The van der Waals surface area contributed by atoms with E-state index in [1.807, 2.05) is 33.8 Å². The summed E-state index contributed by atoms with van der Waals surface area (Å²) in [5.74, 6) is -1.62. The second-order valence-corrected chi connectivity index (χ2v) is 11.6. The van der Waals surface area contributed by atoms with E-state index in [2.05, 4.69) is 0 Å². The lowest BCUT2D eigenvalue weighted by Gasteiger charge is -2.68. The summed E-state index contributed by atoms with van der Waals surface area (Å²) < 4.78 is 5.30. The number of hydrogen-bond acceptors (Lipinski definition) is 6. The summed E-state index contributed by atoms with van der Waals surface area (Å²) in [6.07, 6.45) is 4.65. The normalized spacial score (nSPS) is 47.2. The smallest absolute Gasteiger partial charge is 0.321 e. The molecule has 0 aromatic heterocycles. The van der Waals surface area contributed by atoms with Crippen LogP contribution in [-0.2, 0) is 19.1 Å². The lowest BCUT2D eigenvalue weighted by atomic mass is 9.33. The van der Waals surface area contributed by atoms with E-state index in [0.29, 0.717) is 31.3 Å². The number of esters is 1. The zero-order valence-corrected chi connectivity index (χ0v) is 20.2. The van der Waals surface area contributed by atoms with Crippen LogP contribution in [0.25, 0.3) is 0 Å². The number of rotatable bonds is 2. The Bertz CT molecular complexity index is 975. The third-order valence-corrected chi connectivity index (χ3v) is 10.5. The molecule has 7 atom stereocenters. The largest absolute Gasteiger partial charge is 0.511 e. The van der Waals surface area contributed by atoms with E-state index in [0.717, 1.165) is 6.29 Å². The average Bonchev–Trinajstić information content (AvgIpc) is 2.91. The molecule has 0 unspecified atom stereocenters. The van der Waals surface area contributed by atoms with E-state index in [1.54, 1.807) is 13.8 Å². The SMILES string of the molecule is COC(=O)[C@@]12C(=O)C(C)=C(O)[C@]1(C)C(C)=C[C@H]1[C@]3(C=O)CC[C@H](O)C(C)(C)[C@H]3CC[C@@]12C. The maximum absolute atomic E-state index is 13.9. The molecule has 4 aliphatic carbocycles. The fraction of sp³-hybridized carbons (Fsp3) is 0.731. The van der Waals surface area contributed by atoms with Crippen LogP contribution in [0.15, 0.2) is 23.0 Å². The first-order chi connectivity index (χ1) is 14.7. The highest BCUT2D eigenvalue weighted by Crippen LogP contribution is 2.76. The number of aliphatic hydroxyl groups is 2. The molecule has 4 rings (SSSR count). The fourth-order valence-electron chi connectivity index (χ4n) is 8.62. The molecular formula is C26H36O6. The van der Waals surface area contributed by atoms with Gasteiger partial charge in [0.05, 0.1) is 18.6 Å². The summed E-state index contributed by atoms with van der Waals surface area (Å²) in [6.45, 7) is 11.1. The van der Waals surface area contributed by atoms with Gasteiger partial charge >= 0.3 is 5.97 Å². The number of aliphatic hydroxyl groups excluding tert-OH is 2. The number of aldehydes is 1. The molecule has 2 N–H and O–H groups in total. The lowest BCUT2D eigenvalue weighted by molar-refractivity contribution is -0.213. The molecule has 0 saturated heterocycles. The molecule has 0 heterocycles. The van der Waals surface area contributed by atoms with Crippen molar-refractivity contribution >= 4 is 18.0 Å². The number of fused-ring (bicyclic) bond motifs is 5. The summed E-state index contributed by atoms with van der Waals surface area (Å²) in [4.78, 5) is 40.6. The minimum atomic E-state index is -1.65. The Morgan fingerprint density at radius 2 is 1.78 bits per heavy atom. The summed E-state index contributed by atoms with van der Waals surface area (Å²) in [7, 11) is 1.28. The predicted octanol–water partition coefficient (Wildman–Crippen LogP) is 3.93. The number of hydrogen-bond donors (Lipinski definition) is 2. The van der Waals surface area contributed by atoms with E-state index in [9.17, 15) is 24.6 Å². The molecule has 2 saturated carbocycles. The third kappa shape index (κ3) is 2.09. The van der Waals surface area contributed by atoms with Gasteiger partial charge in [-0.15, -0.1) is 0 Å². The Balaban J connectivity index is 2.06. The quantitative estimate of drug-likeness (QED) is 0.290. The molecule has 32 heavy (non-hydrogen) atoms. The highest BCUT2D eigenvalue weighted by molar-refractivity contribution is 6.17. The van der Waals surface area contributed by atoms with Crippen molar-refractivity contribution in [1.82, 2.24) is 0 Å². The van der Waals surface area contributed by atoms with E-state index >= 15 is 0 Å². The number of ketones is 1. The molecule has 0 radical (unpaired) electrons. The molecule has 0 aromatic carbocycles. The van der Waals surface area contributed by atoms with Crippen LogP contribution in [-0.4, -0.2) is 41.5 Å². The van der Waals surface area contributed by atoms with Gasteiger partial charge in [-0.25, -0.2) is 0 Å². The Kier molecular flexibility index (Phi) is 4.76. The molecule has 0 spiro atoms. The van der Waals surface area contributed by atoms with Crippen LogP contribution < -0.4 is 0 Å². The molecule has 6 heteroatoms. The molecule has 0 amide bonds. The first-order valence-electron chi connectivity index (χ1n) is 11.6. The van der Waals surface area contributed by atoms with E-state index in [-0.39, 0.29) is 17.3 Å². The van der Waals surface area contributed by atoms with Crippen molar-refractivity contribution in [1.29, 1.82) is 0 Å². The Morgan fingerprint density at radius 3 is 2.34 bits per heavy atom. The minimum Gasteiger partial charge on any atom is -0.511 e. The van der Waals surface area contributed by atoms with Gasteiger partial charge in [-0.2, -0.15) is 0 Å². The summed E-state index contributed by atoms with van der Waals surface area (Å²) >= 11 is 0. The van der Waals surface area contributed by atoms with Crippen LogP contribution in [0.5, 0.6) is 0 Å². The van der Waals surface area contributed by atoms with Crippen LogP contribution in [0, 0.1) is 38.9 Å². The Hall–Kier alpha value is -1.95. The van der Waals surface area contributed by atoms with Crippen molar-refractivity contribution in [2.24, 2.45) is 38.9 Å². The zero-order valence-electron chi connectivity index (χ0n) is 20.2. The first-order valence-corrected chi connectivity index (χ1v) is 11.6. The Morgan fingerprint density at radius 1 is 1.16 bits per heavy atom. The van der Waals surface area contributed by atoms with Gasteiger partial charge in [0.2, 0.25) is 0 Å². The van der Waals surface area contributed by atoms with Crippen molar-refractivity contribution < 1.29 is 29.3 Å². The molecule has 0 aromatic rings. The molecule has 0 aliphatic heterocycles. The van der Waals surface area contributed by atoms with Crippen LogP contribution in [0.1, 0.15) is 67.2 Å². The maximum Gasteiger partial charge on any atom is 0.321 e. The highest BCUT2D eigenvalue weighted by atomic mass is 16.5. The topological polar surface area (TPSA) is 101 Å². The second kappa shape index (κ2) is 6.55. The van der Waals surface area contributed by atoms with Crippen LogP contribution in [0.2, 0.25) is 0 Å². The van der Waals surface area contributed by atoms with E-state index < -0.39 is 50.8 Å². The monoisotopic (exact) mass is 444 g/mol. The predicted molar refractivity (Wildman–Crippen MR) is 118 cm³/mol. The molecule has 0 bridgehead atoms. The van der Waals surface area contributed by atoms with Gasteiger partial charge in [-0.3, -0.25) is 9.59 Å². The van der Waals surface area contributed by atoms with Crippen LogP contribution in [0.3, 0.4) is 0 Å². The first kappa shape index (κ1) is 23.2. The molecule has 2 fully saturated rings. The summed E-state index contributed by atoms with van der Waals surface area (Å²) in [5.41, 5.74) is -4.20. The van der Waals surface area contributed by atoms with Gasteiger partial charge < -0.3 is 19.7 Å². The minimum absolute atomic E-state index is 0.0806. The van der Waals surface area contributed by atoms with Crippen molar-refractivity contribution in [2.45, 2.75) is 73.3 Å². The lowest BCUT2D eigenvalue weighted by Crippen LogP contribution is -2.70. The number of allylic oxidation sites excluding steroid dienone is 3. The van der Waals surface area contributed by atoms with Crippen molar-refractivity contribution in [3.05, 3.63) is 23.0 Å². The number of carbonyl (C=O) groups excluding carboxylic acids is 3. The van der Waals surface area contributed by atoms with Gasteiger partial charge in [0.25, 0.3) is 0 Å². The van der Waals surface area contributed by atoms with Crippen molar-refractivity contribution in [2.75, 3.05) is 7.11 Å². The van der Waals surface area contributed by atoms with Gasteiger partial charge in [-0.05, 0) is 69.1 Å². The number of carbonyl (C=O) groups is 3. The van der Waals surface area contributed by atoms with E-state index in [1.165, 1.54) is 7.11 Å². The Labute approximate surface area is 190 Å². The summed E-state index contributed by atoms with van der Waals surface area (Å²) in [5, 5.41) is 22.0. The maximum atomic E-state index is 13.9. The van der Waals surface area contributed by atoms with Crippen LogP contribution in [0.4, 0.5) is 0 Å². The summed E-state index contributed by atoms with van der Waals surface area (Å²) in [6, 6.07) is 0. The van der Waals surface area contributed by atoms with Gasteiger partial charge in [0.1, 0.15) is 12.0 Å². The fourth-order valence-corrected chi connectivity index (χ4v) is 8.62. The number of ether oxygens (including phenoxy) is 1. The van der Waals surface area contributed by atoms with Gasteiger partial charge in [0, 0.05) is 11.0 Å². The van der Waals surface area contributed by atoms with E-state index in [4.69, 9.17) is 4.74 Å². The average molecular weight is 445 g/mol. The number of Topliss-reactive ketones (excluding diaryl/α,β-unsaturated/α-hetero) is 1. The van der Waals surface area contributed by atoms with Crippen LogP contribution >= 0.6 is 0 Å². The number of methoxy groups -OCH3 is 1. The van der Waals surface area contributed by atoms with Gasteiger partial charge in [-0.1, -0.05) is 32.4 Å². The zero-order chi connectivity index (χ0) is 24.1. The van der Waals surface area contributed by atoms with Gasteiger partial charge in [0.15, 0.2) is 11.2 Å². The standard InChI is InChI=1S/C26H36O6/c1-14-12-17-23(5,10-8-16-22(3,4)18(28)9-11-25(16,17)13-27)26(21(31)32-7)20(30)15(2)19(29)24(14,26)6/h12-13,16-18,28-29H,8-11H2,1-7H3/t16-,17-,18+,23+,24+,25+,26-/m1/s1. The van der Waals surface area contributed by atoms with Crippen molar-refractivity contribution in [3.63, 3.8) is 0 Å². The molecule has 6 nitrogen and oxygen atoms in total. The molecular weight excluding hydrogens is 408 g/mol. The molecule has 4 aliphatic rings.